The first kappa shape index (κ1) is 11.3. The van der Waals surface area contributed by atoms with Gasteiger partial charge in [-0.05, 0) is 18.4 Å². The summed E-state index contributed by atoms with van der Waals surface area (Å²) in [7, 11) is 0. The number of carbonyl (C=O) groups is 1. The molecular formula is C11H13NO3S. The van der Waals surface area contributed by atoms with Gasteiger partial charge in [0.2, 0.25) is 0 Å². The summed E-state index contributed by atoms with van der Waals surface area (Å²) in [6.07, 6.45) is 1.90. The van der Waals surface area contributed by atoms with Crippen LogP contribution < -0.4 is 15.2 Å². The van der Waals surface area contributed by atoms with E-state index >= 15 is 0 Å². The van der Waals surface area contributed by atoms with Gasteiger partial charge >= 0.3 is 0 Å². The van der Waals surface area contributed by atoms with Crippen molar-refractivity contribution in [1.82, 2.24) is 0 Å². The van der Waals surface area contributed by atoms with Gasteiger partial charge in [-0.1, -0.05) is 0 Å². The number of Topliss-reactive ketones (excluding diaryl/α,β-unsaturated/α-hetero) is 1. The second kappa shape index (κ2) is 4.76. The van der Waals surface area contributed by atoms with Crippen molar-refractivity contribution in [2.75, 3.05) is 26.0 Å². The van der Waals surface area contributed by atoms with Crippen molar-refractivity contribution in [3.05, 3.63) is 17.7 Å². The van der Waals surface area contributed by atoms with Gasteiger partial charge in [0.1, 0.15) is 13.2 Å². The zero-order chi connectivity index (χ0) is 11.5. The number of hydrogen-bond acceptors (Lipinski definition) is 5. The Morgan fingerprint density at radius 2 is 2.19 bits per heavy atom. The van der Waals surface area contributed by atoms with Crippen LogP contribution in [0.3, 0.4) is 0 Å². The Balaban J connectivity index is 2.51. The number of thioether (sulfide) groups is 1. The predicted octanol–water partition coefficient (Wildman–Crippen LogP) is 1.32. The second-order valence-electron chi connectivity index (χ2n) is 3.30. The normalized spacial score (nSPS) is 13.6. The number of benzene rings is 1. The molecule has 0 unspecified atom stereocenters. The lowest BCUT2D eigenvalue weighted by Crippen LogP contribution is -2.19. The molecule has 2 N–H and O–H groups in total. The van der Waals surface area contributed by atoms with Crippen molar-refractivity contribution < 1.29 is 14.3 Å². The smallest absolute Gasteiger partial charge is 0.177 e. The molecule has 0 fully saturated rings. The highest BCUT2D eigenvalue weighted by Crippen LogP contribution is 2.41. The molecule has 0 aliphatic carbocycles. The zero-order valence-electron chi connectivity index (χ0n) is 8.99. The van der Waals surface area contributed by atoms with Gasteiger partial charge in [0.25, 0.3) is 0 Å². The van der Waals surface area contributed by atoms with Gasteiger partial charge in [0, 0.05) is 5.56 Å². The topological polar surface area (TPSA) is 61.6 Å². The molecule has 0 atom stereocenters. The van der Waals surface area contributed by atoms with Gasteiger partial charge in [0.05, 0.1) is 11.4 Å². The van der Waals surface area contributed by atoms with Crippen molar-refractivity contribution in [2.24, 2.45) is 5.73 Å². The Morgan fingerprint density at radius 3 is 2.88 bits per heavy atom. The molecule has 0 radical (unpaired) electrons. The van der Waals surface area contributed by atoms with Crippen LogP contribution in [0.15, 0.2) is 17.0 Å². The van der Waals surface area contributed by atoms with Crippen LogP contribution in [0.1, 0.15) is 10.4 Å². The minimum absolute atomic E-state index is 0.00715. The van der Waals surface area contributed by atoms with Gasteiger partial charge in [0.15, 0.2) is 17.3 Å². The molecule has 0 saturated carbocycles. The molecule has 1 aromatic rings. The van der Waals surface area contributed by atoms with E-state index in [1.54, 1.807) is 12.1 Å². The third-order valence-electron chi connectivity index (χ3n) is 2.35. The predicted molar refractivity (Wildman–Crippen MR) is 62.6 cm³/mol. The quantitative estimate of drug-likeness (QED) is 0.636. The summed E-state index contributed by atoms with van der Waals surface area (Å²) < 4.78 is 11.0. The molecule has 1 heterocycles. The maximum atomic E-state index is 11.6. The summed E-state index contributed by atoms with van der Waals surface area (Å²) in [5.74, 6) is 1.28. The van der Waals surface area contributed by atoms with E-state index in [1.165, 1.54) is 11.8 Å². The van der Waals surface area contributed by atoms with E-state index in [0.717, 1.165) is 4.90 Å². The maximum Gasteiger partial charge on any atom is 0.177 e. The Morgan fingerprint density at radius 1 is 1.44 bits per heavy atom. The van der Waals surface area contributed by atoms with Crippen molar-refractivity contribution in [3.63, 3.8) is 0 Å². The van der Waals surface area contributed by atoms with Crippen LogP contribution in [0.5, 0.6) is 11.5 Å². The highest BCUT2D eigenvalue weighted by molar-refractivity contribution is 7.98. The molecule has 5 heteroatoms. The minimum atomic E-state index is -0.0821. The Kier molecular flexibility index (Phi) is 3.36. The van der Waals surface area contributed by atoms with E-state index in [0.29, 0.717) is 30.3 Å². The molecule has 1 aromatic carbocycles. The lowest BCUT2D eigenvalue weighted by atomic mass is 10.1. The molecule has 2 rings (SSSR count). The molecule has 16 heavy (non-hydrogen) atoms. The summed E-state index contributed by atoms with van der Waals surface area (Å²) in [6, 6.07) is 3.51. The van der Waals surface area contributed by atoms with Crippen LogP contribution in [0.25, 0.3) is 0 Å². The molecule has 86 valence electrons. The van der Waals surface area contributed by atoms with Gasteiger partial charge in [-0.15, -0.1) is 11.8 Å². The molecule has 0 spiro atoms. The van der Waals surface area contributed by atoms with Crippen molar-refractivity contribution in [1.29, 1.82) is 0 Å². The van der Waals surface area contributed by atoms with Gasteiger partial charge < -0.3 is 15.2 Å². The average molecular weight is 239 g/mol. The van der Waals surface area contributed by atoms with E-state index in [9.17, 15) is 4.79 Å². The fourth-order valence-corrected chi connectivity index (χ4v) is 2.37. The second-order valence-corrected chi connectivity index (χ2v) is 4.11. The summed E-state index contributed by atoms with van der Waals surface area (Å²) in [5.41, 5.74) is 5.98. The van der Waals surface area contributed by atoms with E-state index in [2.05, 4.69) is 0 Å². The molecule has 0 amide bonds. The van der Waals surface area contributed by atoms with Crippen molar-refractivity contribution >= 4 is 17.5 Å². The summed E-state index contributed by atoms with van der Waals surface area (Å²) in [6.45, 7) is 1.07. The SMILES string of the molecule is CSc1c(C(=O)CN)ccc2c1OCCO2. The molecule has 0 bridgehead atoms. The first-order valence-electron chi connectivity index (χ1n) is 4.97. The monoisotopic (exact) mass is 239 g/mol. The number of carbonyl (C=O) groups excluding carboxylic acids is 1. The van der Waals surface area contributed by atoms with Crippen LogP contribution in [0.2, 0.25) is 0 Å². The van der Waals surface area contributed by atoms with Gasteiger partial charge in [-0.2, -0.15) is 0 Å². The number of ether oxygens (including phenoxy) is 2. The first-order chi connectivity index (χ1) is 7.77. The zero-order valence-corrected chi connectivity index (χ0v) is 9.80. The number of ketones is 1. The van der Waals surface area contributed by atoms with E-state index < -0.39 is 0 Å². The summed E-state index contributed by atoms with van der Waals surface area (Å²) in [4.78, 5) is 12.5. The Bertz CT molecular complexity index is 420. The average Bonchev–Trinajstić information content (AvgIpc) is 2.36. The third-order valence-corrected chi connectivity index (χ3v) is 3.17. The Hall–Kier alpha value is -1.20. The largest absolute Gasteiger partial charge is 0.486 e. The molecule has 0 saturated heterocycles. The minimum Gasteiger partial charge on any atom is -0.486 e. The molecular weight excluding hydrogens is 226 g/mol. The summed E-state index contributed by atoms with van der Waals surface area (Å²) >= 11 is 1.47. The van der Waals surface area contributed by atoms with Crippen LogP contribution in [0, 0.1) is 0 Å². The number of fused-ring (bicyclic) bond motifs is 1. The molecule has 4 nitrogen and oxygen atoms in total. The van der Waals surface area contributed by atoms with Crippen LogP contribution in [-0.4, -0.2) is 31.8 Å². The van der Waals surface area contributed by atoms with Crippen LogP contribution in [-0.2, 0) is 0 Å². The number of hydrogen-bond donors (Lipinski definition) is 1. The van der Waals surface area contributed by atoms with E-state index in [4.69, 9.17) is 15.2 Å². The lowest BCUT2D eigenvalue weighted by Gasteiger charge is -2.21. The fourth-order valence-electron chi connectivity index (χ4n) is 1.62. The highest BCUT2D eigenvalue weighted by atomic mass is 32.2. The summed E-state index contributed by atoms with van der Waals surface area (Å²) in [5, 5.41) is 0. The van der Waals surface area contributed by atoms with Crippen molar-refractivity contribution in [2.45, 2.75) is 4.90 Å². The molecule has 1 aliphatic heterocycles. The number of nitrogens with two attached hydrogens (primary N) is 1. The highest BCUT2D eigenvalue weighted by Gasteiger charge is 2.21. The Labute approximate surface area is 98.1 Å². The molecule has 1 aliphatic rings. The fraction of sp³-hybridized carbons (Fsp3) is 0.364. The van der Waals surface area contributed by atoms with Crippen LogP contribution in [0.4, 0.5) is 0 Å². The van der Waals surface area contributed by atoms with Gasteiger partial charge in [-0.25, -0.2) is 0 Å². The van der Waals surface area contributed by atoms with Crippen LogP contribution >= 0.6 is 11.8 Å². The molecule has 0 aromatic heterocycles. The van der Waals surface area contributed by atoms with E-state index in [-0.39, 0.29) is 12.3 Å². The van der Waals surface area contributed by atoms with Crippen molar-refractivity contribution in [3.8, 4) is 11.5 Å². The van der Waals surface area contributed by atoms with Gasteiger partial charge in [-0.3, -0.25) is 4.79 Å². The first-order valence-corrected chi connectivity index (χ1v) is 6.20. The number of rotatable bonds is 3. The lowest BCUT2D eigenvalue weighted by molar-refractivity contribution is 0.0996. The standard InChI is InChI=1S/C11H13NO3S/c1-16-11-7(8(13)6-12)2-3-9-10(11)15-5-4-14-9/h2-3H,4-6,12H2,1H3. The maximum absolute atomic E-state index is 11.6. The third kappa shape index (κ3) is 1.88. The van der Waals surface area contributed by atoms with E-state index in [1.807, 2.05) is 6.26 Å².